The molecule has 0 aliphatic carbocycles. The Kier molecular flexibility index (Phi) is 4.40. The van der Waals surface area contributed by atoms with Gasteiger partial charge < -0.3 is 9.80 Å². The van der Waals surface area contributed by atoms with Gasteiger partial charge in [-0.2, -0.15) is 0 Å². The van der Waals surface area contributed by atoms with E-state index in [1.165, 1.54) is 24.9 Å². The van der Waals surface area contributed by atoms with Gasteiger partial charge in [-0.15, -0.1) is 0 Å². The van der Waals surface area contributed by atoms with Crippen molar-refractivity contribution in [2.45, 2.75) is 24.2 Å². The number of aromatic nitrogens is 1. The largest absolute Gasteiger partial charge is 0.355 e. The van der Waals surface area contributed by atoms with Gasteiger partial charge >= 0.3 is 0 Å². The van der Waals surface area contributed by atoms with Crippen LogP contribution < -0.4 is 4.90 Å². The van der Waals surface area contributed by atoms with E-state index in [9.17, 15) is 0 Å². The minimum Gasteiger partial charge on any atom is -0.355 e. The average molecular weight is 298 g/mol. The second kappa shape index (κ2) is 5.83. The molecule has 1 unspecified atom stereocenters. The smallest absolute Gasteiger partial charge is 0.132 e. The van der Waals surface area contributed by atoms with Crippen LogP contribution in [0.15, 0.2) is 18.3 Å². The van der Waals surface area contributed by atoms with E-state index in [0.29, 0.717) is 6.04 Å². The Morgan fingerprint density at radius 3 is 3.12 bits per heavy atom. The Bertz CT molecular complexity index is 369. The van der Waals surface area contributed by atoms with Crippen molar-refractivity contribution in [3.05, 3.63) is 23.9 Å². The molecular formula is C13H20BrN3. The summed E-state index contributed by atoms with van der Waals surface area (Å²) in [5.74, 6) is 1.12. The first-order chi connectivity index (χ1) is 8.22. The van der Waals surface area contributed by atoms with Crippen molar-refractivity contribution < 1.29 is 0 Å². The first-order valence-corrected chi connectivity index (χ1v) is 7.25. The van der Waals surface area contributed by atoms with E-state index in [4.69, 9.17) is 0 Å². The fourth-order valence-electron chi connectivity index (χ4n) is 2.48. The highest BCUT2D eigenvalue weighted by molar-refractivity contribution is 9.08. The molecule has 0 radical (unpaired) electrons. The van der Waals surface area contributed by atoms with Gasteiger partial charge in [0, 0.05) is 36.7 Å². The fraction of sp³-hybridized carbons (Fsp3) is 0.615. The first-order valence-electron chi connectivity index (χ1n) is 6.13. The molecule has 0 aromatic carbocycles. The number of alkyl halides is 1. The van der Waals surface area contributed by atoms with Crippen LogP contribution in [0.2, 0.25) is 0 Å². The molecule has 1 saturated heterocycles. The lowest BCUT2D eigenvalue weighted by molar-refractivity contribution is 0.247. The van der Waals surface area contributed by atoms with Crippen LogP contribution in [0.5, 0.6) is 0 Å². The summed E-state index contributed by atoms with van der Waals surface area (Å²) in [4.78, 5) is 9.27. The van der Waals surface area contributed by atoms with Crippen molar-refractivity contribution in [3.63, 3.8) is 0 Å². The average Bonchev–Trinajstić information content (AvgIpc) is 2.38. The van der Waals surface area contributed by atoms with Crippen molar-refractivity contribution in [1.29, 1.82) is 0 Å². The van der Waals surface area contributed by atoms with E-state index in [0.717, 1.165) is 17.7 Å². The van der Waals surface area contributed by atoms with Gasteiger partial charge in [0.1, 0.15) is 5.82 Å². The molecule has 1 aromatic heterocycles. The second-order valence-electron chi connectivity index (χ2n) is 4.79. The van der Waals surface area contributed by atoms with E-state index >= 15 is 0 Å². The molecule has 2 heterocycles. The number of hydrogen-bond donors (Lipinski definition) is 0. The summed E-state index contributed by atoms with van der Waals surface area (Å²) in [6.07, 6.45) is 4.42. The number of likely N-dealkylation sites (tertiary alicyclic amines) is 1. The third-order valence-electron chi connectivity index (χ3n) is 3.49. The minimum absolute atomic E-state index is 0.585. The van der Waals surface area contributed by atoms with Crippen LogP contribution in [0.4, 0.5) is 5.82 Å². The standard InChI is InChI=1S/C13H20BrN3/c1-16-8-4-6-12(10-16)17(2)13-11(9-14)5-3-7-15-13/h3,5,7,12H,4,6,8-10H2,1-2H3. The fourth-order valence-corrected chi connectivity index (χ4v) is 2.92. The number of hydrogen-bond acceptors (Lipinski definition) is 3. The number of likely N-dealkylation sites (N-methyl/N-ethyl adjacent to an activating group) is 2. The van der Waals surface area contributed by atoms with Crippen LogP contribution in [0.3, 0.4) is 0 Å². The Balaban J connectivity index is 2.15. The molecule has 1 aliphatic heterocycles. The molecule has 0 N–H and O–H groups in total. The van der Waals surface area contributed by atoms with Crippen molar-refractivity contribution in [1.82, 2.24) is 9.88 Å². The monoisotopic (exact) mass is 297 g/mol. The van der Waals surface area contributed by atoms with E-state index in [-0.39, 0.29) is 0 Å². The highest BCUT2D eigenvalue weighted by Crippen LogP contribution is 2.23. The molecule has 1 atom stereocenters. The van der Waals surface area contributed by atoms with Crippen molar-refractivity contribution in [2.24, 2.45) is 0 Å². The Labute approximate surface area is 112 Å². The summed E-state index contributed by atoms with van der Waals surface area (Å²) >= 11 is 3.54. The quantitative estimate of drug-likeness (QED) is 0.799. The van der Waals surface area contributed by atoms with Crippen molar-refractivity contribution >= 4 is 21.7 Å². The van der Waals surface area contributed by atoms with Gasteiger partial charge in [0.2, 0.25) is 0 Å². The first kappa shape index (κ1) is 12.8. The number of rotatable bonds is 3. The van der Waals surface area contributed by atoms with Crippen molar-refractivity contribution in [3.8, 4) is 0 Å². The maximum atomic E-state index is 4.53. The van der Waals surface area contributed by atoms with Gasteiger partial charge in [0.25, 0.3) is 0 Å². The second-order valence-corrected chi connectivity index (χ2v) is 5.35. The lowest BCUT2D eigenvalue weighted by Crippen LogP contribution is -2.45. The predicted octanol–water partition coefficient (Wildman–Crippen LogP) is 2.51. The van der Waals surface area contributed by atoms with Crippen LogP contribution in [0, 0.1) is 0 Å². The molecule has 94 valence electrons. The van der Waals surface area contributed by atoms with E-state index in [2.05, 4.69) is 50.9 Å². The van der Waals surface area contributed by atoms with Gasteiger partial charge in [-0.25, -0.2) is 4.98 Å². The summed E-state index contributed by atoms with van der Waals surface area (Å²) in [6.45, 7) is 2.35. The summed E-state index contributed by atoms with van der Waals surface area (Å²) in [7, 11) is 4.36. The normalized spacial score (nSPS) is 21.5. The third-order valence-corrected chi connectivity index (χ3v) is 4.10. The zero-order valence-corrected chi connectivity index (χ0v) is 12.2. The molecule has 0 saturated carbocycles. The maximum Gasteiger partial charge on any atom is 0.132 e. The Morgan fingerprint density at radius 2 is 2.41 bits per heavy atom. The highest BCUT2D eigenvalue weighted by atomic mass is 79.9. The van der Waals surface area contributed by atoms with Crippen LogP contribution in [0.25, 0.3) is 0 Å². The lowest BCUT2D eigenvalue weighted by Gasteiger charge is -2.37. The van der Waals surface area contributed by atoms with Gasteiger partial charge in [0.05, 0.1) is 0 Å². The molecule has 1 aliphatic rings. The Morgan fingerprint density at radius 1 is 1.59 bits per heavy atom. The van der Waals surface area contributed by atoms with Crippen LogP contribution in [-0.2, 0) is 5.33 Å². The minimum atomic E-state index is 0.585. The number of halogens is 1. The highest BCUT2D eigenvalue weighted by Gasteiger charge is 2.23. The molecular weight excluding hydrogens is 278 g/mol. The molecule has 4 heteroatoms. The van der Waals surface area contributed by atoms with Crippen LogP contribution >= 0.6 is 15.9 Å². The van der Waals surface area contributed by atoms with Crippen LogP contribution in [0.1, 0.15) is 18.4 Å². The summed E-state index contributed by atoms with van der Waals surface area (Å²) in [6, 6.07) is 4.72. The molecule has 3 nitrogen and oxygen atoms in total. The van der Waals surface area contributed by atoms with Crippen LogP contribution in [-0.4, -0.2) is 43.1 Å². The van der Waals surface area contributed by atoms with Gasteiger partial charge in [-0.05, 0) is 32.5 Å². The number of piperidine rings is 1. The molecule has 0 bridgehead atoms. The number of nitrogens with zero attached hydrogens (tertiary/aromatic N) is 3. The maximum absolute atomic E-state index is 4.53. The molecule has 0 spiro atoms. The molecule has 1 fully saturated rings. The zero-order valence-electron chi connectivity index (χ0n) is 10.6. The molecule has 2 rings (SSSR count). The van der Waals surface area contributed by atoms with Gasteiger partial charge in [0.15, 0.2) is 0 Å². The summed E-state index contributed by atoms with van der Waals surface area (Å²) in [5.41, 5.74) is 1.27. The molecule has 17 heavy (non-hydrogen) atoms. The number of pyridine rings is 1. The topological polar surface area (TPSA) is 19.4 Å². The lowest BCUT2D eigenvalue weighted by atomic mass is 10.0. The molecule has 1 aromatic rings. The van der Waals surface area contributed by atoms with Gasteiger partial charge in [-0.3, -0.25) is 0 Å². The summed E-state index contributed by atoms with van der Waals surface area (Å²) in [5, 5.41) is 0.864. The molecule has 0 amide bonds. The number of anilines is 1. The Hall–Kier alpha value is -0.610. The summed E-state index contributed by atoms with van der Waals surface area (Å²) < 4.78 is 0. The van der Waals surface area contributed by atoms with E-state index in [1.807, 2.05) is 12.3 Å². The predicted molar refractivity (Wildman–Crippen MR) is 75.8 cm³/mol. The zero-order chi connectivity index (χ0) is 12.3. The van der Waals surface area contributed by atoms with Gasteiger partial charge in [-0.1, -0.05) is 22.0 Å². The van der Waals surface area contributed by atoms with Crippen molar-refractivity contribution in [2.75, 3.05) is 32.1 Å². The third kappa shape index (κ3) is 2.99. The van der Waals surface area contributed by atoms with E-state index in [1.54, 1.807) is 0 Å². The van der Waals surface area contributed by atoms with E-state index < -0.39 is 0 Å². The SMILES string of the molecule is CN1CCCC(N(C)c2ncccc2CBr)C1.